The third-order valence-corrected chi connectivity index (χ3v) is 4.64. The van der Waals surface area contributed by atoms with E-state index in [2.05, 4.69) is 22.0 Å². The Labute approximate surface area is 161 Å². The van der Waals surface area contributed by atoms with Crippen LogP contribution >= 0.6 is 24.8 Å². The van der Waals surface area contributed by atoms with E-state index < -0.39 is 6.04 Å². The Bertz CT molecular complexity index is 684. The van der Waals surface area contributed by atoms with Crippen molar-refractivity contribution in [2.75, 3.05) is 19.7 Å². The van der Waals surface area contributed by atoms with Crippen molar-refractivity contribution in [2.45, 2.75) is 25.3 Å². The maximum atomic E-state index is 12.2. The van der Waals surface area contributed by atoms with Crippen LogP contribution in [-0.4, -0.2) is 36.3 Å². The topological polar surface area (TPSA) is 69.3 Å². The number of rotatable bonds is 5. The summed E-state index contributed by atoms with van der Waals surface area (Å²) >= 11 is 0. The Kier molecular flexibility index (Phi) is 8.73. The SMILES string of the molecule is Cl.Cl.Cn1cc(C[C@@H](N)C(=O)OCC2CCNCC2)c2ccccc21. The lowest BCUT2D eigenvalue weighted by Crippen LogP contribution is -2.36. The van der Waals surface area contributed by atoms with E-state index in [1.165, 1.54) is 0 Å². The number of nitrogens with one attached hydrogen (secondary N) is 1. The summed E-state index contributed by atoms with van der Waals surface area (Å²) in [6.45, 7) is 2.50. The Morgan fingerprint density at radius 3 is 2.72 bits per heavy atom. The van der Waals surface area contributed by atoms with Gasteiger partial charge >= 0.3 is 5.97 Å². The zero-order chi connectivity index (χ0) is 16.2. The molecule has 1 saturated heterocycles. The first kappa shape index (κ1) is 21.8. The molecule has 0 radical (unpaired) electrons. The second-order valence-corrected chi connectivity index (χ2v) is 6.42. The molecule has 0 amide bonds. The van der Waals surface area contributed by atoms with Crippen LogP contribution in [0.3, 0.4) is 0 Å². The van der Waals surface area contributed by atoms with E-state index in [0.29, 0.717) is 18.9 Å². The van der Waals surface area contributed by atoms with Crippen LogP contribution < -0.4 is 11.1 Å². The number of halogens is 2. The fourth-order valence-corrected chi connectivity index (χ4v) is 3.26. The Balaban J connectivity index is 0.00000156. The second-order valence-electron chi connectivity index (χ2n) is 6.42. The van der Waals surface area contributed by atoms with Gasteiger partial charge in [0.15, 0.2) is 0 Å². The van der Waals surface area contributed by atoms with Crippen LogP contribution in [-0.2, 0) is 23.0 Å². The van der Waals surface area contributed by atoms with Crippen LogP contribution in [0.15, 0.2) is 30.5 Å². The largest absolute Gasteiger partial charge is 0.464 e. The molecule has 1 atom stereocenters. The van der Waals surface area contributed by atoms with Gasteiger partial charge in [-0.25, -0.2) is 0 Å². The van der Waals surface area contributed by atoms with Crippen LogP contribution in [0.1, 0.15) is 18.4 Å². The van der Waals surface area contributed by atoms with E-state index >= 15 is 0 Å². The van der Waals surface area contributed by atoms with Crippen molar-refractivity contribution in [3.8, 4) is 0 Å². The Hall–Kier alpha value is -1.27. The van der Waals surface area contributed by atoms with E-state index in [0.717, 1.165) is 42.4 Å². The van der Waals surface area contributed by atoms with E-state index in [4.69, 9.17) is 10.5 Å². The molecular formula is C18H27Cl2N3O2. The molecule has 5 nitrogen and oxygen atoms in total. The molecule has 2 aromatic rings. The molecule has 0 aliphatic carbocycles. The average Bonchev–Trinajstić information content (AvgIpc) is 2.90. The average molecular weight is 388 g/mol. The molecule has 1 aliphatic heterocycles. The molecular weight excluding hydrogens is 361 g/mol. The van der Waals surface area contributed by atoms with Crippen LogP contribution in [0.5, 0.6) is 0 Å². The Morgan fingerprint density at radius 1 is 1.32 bits per heavy atom. The minimum absolute atomic E-state index is 0. The van der Waals surface area contributed by atoms with E-state index in [9.17, 15) is 4.79 Å². The minimum Gasteiger partial charge on any atom is -0.464 e. The van der Waals surface area contributed by atoms with E-state index in [-0.39, 0.29) is 30.8 Å². The first-order valence-corrected chi connectivity index (χ1v) is 8.31. The summed E-state index contributed by atoms with van der Waals surface area (Å²) in [6.07, 6.45) is 4.68. The van der Waals surface area contributed by atoms with Gasteiger partial charge in [0.1, 0.15) is 6.04 Å². The van der Waals surface area contributed by atoms with Gasteiger partial charge in [-0.2, -0.15) is 0 Å². The van der Waals surface area contributed by atoms with Gasteiger partial charge in [-0.1, -0.05) is 18.2 Å². The number of piperidine rings is 1. The van der Waals surface area contributed by atoms with Crippen LogP contribution in [0.4, 0.5) is 0 Å². The molecule has 0 saturated carbocycles. The number of hydrogen-bond acceptors (Lipinski definition) is 4. The highest BCUT2D eigenvalue weighted by molar-refractivity contribution is 5.86. The zero-order valence-electron chi connectivity index (χ0n) is 14.4. The number of esters is 1. The predicted molar refractivity (Wildman–Crippen MR) is 106 cm³/mol. The summed E-state index contributed by atoms with van der Waals surface area (Å²) in [7, 11) is 2.01. The zero-order valence-corrected chi connectivity index (χ0v) is 16.1. The highest BCUT2D eigenvalue weighted by atomic mass is 35.5. The van der Waals surface area contributed by atoms with Crippen LogP contribution in [0, 0.1) is 5.92 Å². The number of nitrogens with two attached hydrogens (primary N) is 1. The monoisotopic (exact) mass is 387 g/mol. The Morgan fingerprint density at radius 2 is 2.00 bits per heavy atom. The fraction of sp³-hybridized carbons (Fsp3) is 0.500. The molecule has 25 heavy (non-hydrogen) atoms. The smallest absolute Gasteiger partial charge is 0.323 e. The number of hydrogen-bond donors (Lipinski definition) is 2. The van der Waals surface area contributed by atoms with Gasteiger partial charge in [0.25, 0.3) is 0 Å². The lowest BCUT2D eigenvalue weighted by atomic mass is 9.99. The van der Waals surface area contributed by atoms with Crippen molar-refractivity contribution < 1.29 is 9.53 Å². The minimum atomic E-state index is -0.609. The highest BCUT2D eigenvalue weighted by Crippen LogP contribution is 2.21. The summed E-state index contributed by atoms with van der Waals surface area (Å²) in [5.74, 6) is 0.168. The number of nitrogens with zero attached hydrogens (tertiary/aromatic N) is 1. The van der Waals surface area contributed by atoms with E-state index in [1.807, 2.05) is 25.4 Å². The molecule has 0 spiro atoms. The number of benzene rings is 1. The van der Waals surface area contributed by atoms with Crippen molar-refractivity contribution in [1.29, 1.82) is 0 Å². The normalized spacial score (nSPS) is 15.9. The van der Waals surface area contributed by atoms with Crippen molar-refractivity contribution in [2.24, 2.45) is 18.7 Å². The predicted octanol–water partition coefficient (Wildman–Crippen LogP) is 2.43. The number of carbonyl (C=O) groups is 1. The van der Waals surface area contributed by atoms with Gasteiger partial charge in [0.05, 0.1) is 6.61 Å². The lowest BCUT2D eigenvalue weighted by molar-refractivity contribution is -0.146. The van der Waals surface area contributed by atoms with Crippen molar-refractivity contribution in [3.63, 3.8) is 0 Å². The lowest BCUT2D eigenvalue weighted by Gasteiger charge is -2.22. The van der Waals surface area contributed by atoms with Gasteiger partial charge < -0.3 is 20.4 Å². The first-order valence-electron chi connectivity index (χ1n) is 8.31. The number of ether oxygens (including phenoxy) is 1. The van der Waals surface area contributed by atoms with Crippen molar-refractivity contribution in [3.05, 3.63) is 36.0 Å². The van der Waals surface area contributed by atoms with Crippen molar-refractivity contribution in [1.82, 2.24) is 9.88 Å². The van der Waals surface area contributed by atoms with Gasteiger partial charge in [0, 0.05) is 30.6 Å². The molecule has 0 bridgehead atoms. The number of para-hydroxylation sites is 1. The summed E-state index contributed by atoms with van der Waals surface area (Å²) in [5.41, 5.74) is 8.31. The van der Waals surface area contributed by atoms with E-state index in [1.54, 1.807) is 0 Å². The van der Waals surface area contributed by atoms with Gasteiger partial charge in [-0.3, -0.25) is 4.79 Å². The number of aromatic nitrogens is 1. The standard InChI is InChI=1S/C18H25N3O2.2ClH/c1-21-11-14(15-4-2-3-5-17(15)21)10-16(19)18(22)23-12-13-6-8-20-9-7-13;;/h2-5,11,13,16,20H,6-10,12,19H2,1H3;2*1H/t16-;;/m1../s1. The molecule has 1 aliphatic rings. The van der Waals surface area contributed by atoms with Crippen molar-refractivity contribution >= 4 is 41.7 Å². The summed E-state index contributed by atoms with van der Waals surface area (Å²) in [5, 5.41) is 4.46. The molecule has 1 aromatic heterocycles. The molecule has 2 heterocycles. The molecule has 1 fully saturated rings. The maximum absolute atomic E-state index is 12.2. The molecule has 1 aromatic carbocycles. The summed E-state index contributed by atoms with van der Waals surface area (Å²) < 4.78 is 7.50. The molecule has 0 unspecified atom stereocenters. The quantitative estimate of drug-likeness (QED) is 0.772. The van der Waals surface area contributed by atoms with Crippen LogP contribution in [0.25, 0.3) is 10.9 Å². The maximum Gasteiger partial charge on any atom is 0.323 e. The molecule has 3 N–H and O–H groups in total. The third kappa shape index (κ3) is 5.35. The molecule has 7 heteroatoms. The fourth-order valence-electron chi connectivity index (χ4n) is 3.26. The van der Waals surface area contributed by atoms with Gasteiger partial charge in [-0.05, 0) is 43.5 Å². The molecule has 3 rings (SSSR count). The molecule has 140 valence electrons. The number of carbonyl (C=O) groups excluding carboxylic acids is 1. The summed E-state index contributed by atoms with van der Waals surface area (Å²) in [4.78, 5) is 12.2. The van der Waals surface area contributed by atoms with Crippen LogP contribution in [0.2, 0.25) is 0 Å². The third-order valence-electron chi connectivity index (χ3n) is 4.64. The summed E-state index contributed by atoms with van der Waals surface area (Å²) in [6, 6.07) is 7.55. The first-order chi connectivity index (χ1) is 11.1. The van der Waals surface area contributed by atoms with Gasteiger partial charge in [0.2, 0.25) is 0 Å². The second kappa shape index (κ2) is 10.0. The number of fused-ring (bicyclic) bond motifs is 1. The number of aryl methyl sites for hydroxylation is 1. The van der Waals surface area contributed by atoms with Gasteiger partial charge in [-0.15, -0.1) is 24.8 Å². The highest BCUT2D eigenvalue weighted by Gasteiger charge is 2.21.